The zero-order chi connectivity index (χ0) is 12.3. The minimum Gasteiger partial charge on any atom is -0.348 e. The molecule has 92 valence electrons. The van der Waals surface area contributed by atoms with Gasteiger partial charge in [-0.2, -0.15) is 0 Å². The minimum absolute atomic E-state index is 0.0272. The van der Waals surface area contributed by atoms with Gasteiger partial charge in [-0.1, -0.05) is 12.1 Å². The molecule has 0 spiro atoms. The van der Waals surface area contributed by atoms with E-state index in [1.165, 1.54) is 12.1 Å². The maximum absolute atomic E-state index is 12.8. The lowest BCUT2D eigenvalue weighted by Crippen LogP contribution is -2.41. The van der Waals surface area contributed by atoms with Crippen LogP contribution in [0.3, 0.4) is 0 Å². The molecule has 1 fully saturated rings. The average molecular weight is 236 g/mol. The molecule has 17 heavy (non-hydrogen) atoms. The highest BCUT2D eigenvalue weighted by atomic mass is 19.1. The molecule has 1 aliphatic heterocycles. The van der Waals surface area contributed by atoms with Crippen molar-refractivity contribution in [1.82, 2.24) is 10.6 Å². The van der Waals surface area contributed by atoms with Crippen LogP contribution in [0.1, 0.15) is 31.4 Å². The molecular weight excluding hydrogens is 219 g/mol. The van der Waals surface area contributed by atoms with Crippen molar-refractivity contribution in [2.45, 2.75) is 31.8 Å². The summed E-state index contributed by atoms with van der Waals surface area (Å²) in [6.45, 7) is 2.81. The van der Waals surface area contributed by atoms with E-state index >= 15 is 0 Å². The first-order chi connectivity index (χ1) is 8.16. The number of carbonyl (C=O) groups is 1. The first-order valence-electron chi connectivity index (χ1n) is 5.96. The lowest BCUT2D eigenvalue weighted by Gasteiger charge is -2.17. The number of carbonyl (C=O) groups excluding carboxylic acids is 1. The zero-order valence-electron chi connectivity index (χ0n) is 9.87. The fraction of sp³-hybridized carbons (Fsp3) is 0.462. The Morgan fingerprint density at radius 3 is 2.76 bits per heavy atom. The van der Waals surface area contributed by atoms with Gasteiger partial charge in [0.1, 0.15) is 5.82 Å². The quantitative estimate of drug-likeness (QED) is 0.839. The van der Waals surface area contributed by atoms with Crippen LogP contribution < -0.4 is 10.6 Å². The Hall–Kier alpha value is -1.42. The highest BCUT2D eigenvalue weighted by molar-refractivity contribution is 5.82. The molecule has 1 heterocycles. The highest BCUT2D eigenvalue weighted by Crippen LogP contribution is 2.14. The number of hydrogen-bond donors (Lipinski definition) is 2. The largest absolute Gasteiger partial charge is 0.348 e. The third kappa shape index (κ3) is 3.03. The Kier molecular flexibility index (Phi) is 3.74. The molecule has 1 aliphatic rings. The Labute approximate surface area is 100 Å². The van der Waals surface area contributed by atoms with Crippen molar-refractivity contribution < 1.29 is 9.18 Å². The number of amides is 1. The summed E-state index contributed by atoms with van der Waals surface area (Å²) in [5.41, 5.74) is 0.915. The van der Waals surface area contributed by atoms with Crippen molar-refractivity contribution in [3.8, 4) is 0 Å². The molecule has 0 saturated carbocycles. The third-order valence-electron chi connectivity index (χ3n) is 3.11. The van der Waals surface area contributed by atoms with Crippen molar-refractivity contribution in [3.63, 3.8) is 0 Å². The van der Waals surface area contributed by atoms with E-state index < -0.39 is 0 Å². The second-order valence-electron chi connectivity index (χ2n) is 4.43. The van der Waals surface area contributed by atoms with Crippen LogP contribution in [0, 0.1) is 5.82 Å². The van der Waals surface area contributed by atoms with Crippen LogP contribution in [0.5, 0.6) is 0 Å². The summed E-state index contributed by atoms with van der Waals surface area (Å²) in [6, 6.07) is 6.05. The molecule has 3 nitrogen and oxygen atoms in total. The Balaban J connectivity index is 1.93. The van der Waals surface area contributed by atoms with Crippen molar-refractivity contribution in [1.29, 1.82) is 0 Å². The predicted molar refractivity (Wildman–Crippen MR) is 64.0 cm³/mol. The maximum atomic E-state index is 12.8. The van der Waals surface area contributed by atoms with E-state index in [1.54, 1.807) is 12.1 Å². The van der Waals surface area contributed by atoms with Gasteiger partial charge in [0.2, 0.25) is 5.91 Å². The van der Waals surface area contributed by atoms with E-state index in [1.807, 2.05) is 6.92 Å². The Morgan fingerprint density at radius 1 is 1.47 bits per heavy atom. The van der Waals surface area contributed by atoms with Crippen LogP contribution in [0.15, 0.2) is 24.3 Å². The van der Waals surface area contributed by atoms with Crippen LogP contribution in [0.25, 0.3) is 0 Å². The molecule has 0 aromatic heterocycles. The molecule has 1 unspecified atom stereocenters. The molecule has 1 amide bonds. The maximum Gasteiger partial charge on any atom is 0.237 e. The van der Waals surface area contributed by atoms with Crippen LogP contribution in [0.2, 0.25) is 0 Å². The fourth-order valence-electron chi connectivity index (χ4n) is 2.06. The monoisotopic (exact) mass is 236 g/mol. The van der Waals surface area contributed by atoms with Crippen LogP contribution in [-0.4, -0.2) is 18.5 Å². The van der Waals surface area contributed by atoms with E-state index in [-0.39, 0.29) is 23.8 Å². The molecule has 0 bridgehead atoms. The number of rotatable bonds is 3. The molecule has 0 aliphatic carbocycles. The average Bonchev–Trinajstić information content (AvgIpc) is 2.83. The van der Waals surface area contributed by atoms with Crippen molar-refractivity contribution in [2.24, 2.45) is 0 Å². The van der Waals surface area contributed by atoms with Gasteiger partial charge in [-0.05, 0) is 44.0 Å². The zero-order valence-corrected chi connectivity index (χ0v) is 9.87. The van der Waals surface area contributed by atoms with E-state index in [0.29, 0.717) is 0 Å². The third-order valence-corrected chi connectivity index (χ3v) is 3.11. The van der Waals surface area contributed by atoms with Gasteiger partial charge in [0, 0.05) is 0 Å². The fourth-order valence-corrected chi connectivity index (χ4v) is 2.06. The summed E-state index contributed by atoms with van der Waals surface area (Å²) in [5, 5.41) is 6.08. The molecule has 2 atom stereocenters. The molecule has 1 aromatic carbocycles. The van der Waals surface area contributed by atoms with Gasteiger partial charge in [-0.15, -0.1) is 0 Å². The van der Waals surface area contributed by atoms with Gasteiger partial charge < -0.3 is 10.6 Å². The summed E-state index contributed by atoms with van der Waals surface area (Å²) in [7, 11) is 0. The molecule has 2 rings (SSSR count). The van der Waals surface area contributed by atoms with E-state index in [9.17, 15) is 9.18 Å². The smallest absolute Gasteiger partial charge is 0.237 e. The minimum atomic E-state index is -0.260. The summed E-state index contributed by atoms with van der Waals surface area (Å²) in [4.78, 5) is 11.8. The van der Waals surface area contributed by atoms with Gasteiger partial charge in [0.25, 0.3) is 0 Å². The first kappa shape index (κ1) is 12.0. The number of benzene rings is 1. The highest BCUT2D eigenvalue weighted by Gasteiger charge is 2.23. The predicted octanol–water partition coefficient (Wildman–Crippen LogP) is 1.75. The molecule has 4 heteroatoms. The number of nitrogens with one attached hydrogen (secondary N) is 2. The van der Waals surface area contributed by atoms with Gasteiger partial charge in [0.05, 0.1) is 12.1 Å². The van der Waals surface area contributed by atoms with Crippen molar-refractivity contribution in [3.05, 3.63) is 35.6 Å². The molecule has 2 N–H and O–H groups in total. The lowest BCUT2D eigenvalue weighted by atomic mass is 10.1. The van der Waals surface area contributed by atoms with E-state index in [4.69, 9.17) is 0 Å². The SMILES string of the molecule is CC(NC(=O)[C@H]1CCCN1)c1ccc(F)cc1. The van der Waals surface area contributed by atoms with Crippen LogP contribution >= 0.6 is 0 Å². The second kappa shape index (κ2) is 5.27. The van der Waals surface area contributed by atoms with E-state index in [2.05, 4.69) is 10.6 Å². The van der Waals surface area contributed by atoms with Crippen molar-refractivity contribution >= 4 is 5.91 Å². The Bertz CT molecular complexity index is 385. The summed E-state index contributed by atoms with van der Waals surface area (Å²) in [6.07, 6.45) is 1.94. The second-order valence-corrected chi connectivity index (χ2v) is 4.43. The van der Waals surface area contributed by atoms with Gasteiger partial charge in [-0.25, -0.2) is 4.39 Å². The van der Waals surface area contributed by atoms with Crippen LogP contribution in [0.4, 0.5) is 4.39 Å². The summed E-state index contributed by atoms with van der Waals surface area (Å²) < 4.78 is 12.8. The number of halogens is 1. The molecule has 1 aromatic rings. The Morgan fingerprint density at radius 2 is 2.18 bits per heavy atom. The van der Waals surface area contributed by atoms with Gasteiger partial charge in [-0.3, -0.25) is 4.79 Å². The van der Waals surface area contributed by atoms with Gasteiger partial charge in [0.15, 0.2) is 0 Å². The van der Waals surface area contributed by atoms with E-state index in [0.717, 1.165) is 24.9 Å². The lowest BCUT2D eigenvalue weighted by molar-refractivity contribution is -0.123. The normalized spacial score (nSPS) is 21.2. The summed E-state index contributed by atoms with van der Waals surface area (Å²) in [5.74, 6) is -0.232. The van der Waals surface area contributed by atoms with Crippen molar-refractivity contribution in [2.75, 3.05) is 6.54 Å². The van der Waals surface area contributed by atoms with Gasteiger partial charge >= 0.3 is 0 Å². The summed E-state index contributed by atoms with van der Waals surface area (Å²) >= 11 is 0. The standard InChI is InChI=1S/C13H17FN2O/c1-9(10-4-6-11(14)7-5-10)16-13(17)12-3-2-8-15-12/h4-7,9,12,15H,2-3,8H2,1H3,(H,16,17)/t9?,12-/m1/s1. The first-order valence-corrected chi connectivity index (χ1v) is 5.96. The molecule has 1 saturated heterocycles. The topological polar surface area (TPSA) is 41.1 Å². The van der Waals surface area contributed by atoms with Crippen LogP contribution in [-0.2, 0) is 4.79 Å². The molecular formula is C13H17FN2O. The number of hydrogen-bond acceptors (Lipinski definition) is 2. The molecule has 0 radical (unpaired) electrons.